The molecule has 0 spiro atoms. The lowest BCUT2D eigenvalue weighted by molar-refractivity contribution is 0.280. The Morgan fingerprint density at radius 3 is 2.45 bits per heavy atom. The summed E-state index contributed by atoms with van der Waals surface area (Å²) in [6.07, 6.45) is 1.51. The first-order chi connectivity index (χ1) is 10.7. The van der Waals surface area contributed by atoms with Crippen LogP contribution in [-0.4, -0.2) is 10.1 Å². The highest BCUT2D eigenvalue weighted by atomic mass is 19.1. The highest BCUT2D eigenvalue weighted by Gasteiger charge is 2.07. The lowest BCUT2D eigenvalue weighted by Crippen LogP contribution is -1.96. The Balaban J connectivity index is 1.65. The zero-order valence-corrected chi connectivity index (χ0v) is 11.7. The minimum Gasteiger partial charge on any atom is -0.487 e. The molecule has 4 nitrogen and oxygen atoms in total. The number of benzene rings is 2. The van der Waals surface area contributed by atoms with Crippen molar-refractivity contribution >= 4 is 0 Å². The van der Waals surface area contributed by atoms with Crippen LogP contribution in [0.3, 0.4) is 0 Å². The molecule has 0 aliphatic heterocycles. The molecular weight excluding hydrogens is 285 g/mol. The Morgan fingerprint density at radius 2 is 1.77 bits per heavy atom. The van der Waals surface area contributed by atoms with E-state index in [2.05, 4.69) is 4.98 Å². The van der Waals surface area contributed by atoms with E-state index >= 15 is 0 Å². The van der Waals surface area contributed by atoms with Gasteiger partial charge in [0.25, 0.3) is 0 Å². The lowest BCUT2D eigenvalue weighted by atomic mass is 10.2. The monoisotopic (exact) mass is 299 g/mol. The standard InChI is InChI=1S/C17H14FNO3/c18-14-5-3-13(4-6-14)17-19-15(11-22-17)10-21-16-7-1-12(9-20)2-8-16/h1-8,11,20H,9-10H2. The fourth-order valence-corrected chi connectivity index (χ4v) is 1.95. The molecule has 0 amide bonds. The van der Waals surface area contributed by atoms with Crippen LogP contribution in [0.15, 0.2) is 59.2 Å². The van der Waals surface area contributed by atoms with Gasteiger partial charge in [-0.3, -0.25) is 0 Å². The highest BCUT2D eigenvalue weighted by Crippen LogP contribution is 2.20. The molecular formula is C17H14FNO3. The maximum absolute atomic E-state index is 12.9. The summed E-state index contributed by atoms with van der Waals surface area (Å²) in [6, 6.07) is 13.1. The van der Waals surface area contributed by atoms with Crippen molar-refractivity contribution in [2.75, 3.05) is 0 Å². The molecule has 0 bridgehead atoms. The normalized spacial score (nSPS) is 10.6. The van der Waals surface area contributed by atoms with Crippen LogP contribution in [0.2, 0.25) is 0 Å². The fraction of sp³-hybridized carbons (Fsp3) is 0.118. The number of ether oxygens (including phenoxy) is 1. The summed E-state index contributed by atoms with van der Waals surface area (Å²) in [5, 5.41) is 8.98. The van der Waals surface area contributed by atoms with Crippen LogP contribution in [0.4, 0.5) is 4.39 Å². The third kappa shape index (κ3) is 3.32. The highest BCUT2D eigenvalue weighted by molar-refractivity contribution is 5.52. The van der Waals surface area contributed by atoms with Crippen LogP contribution in [0, 0.1) is 5.82 Å². The van der Waals surface area contributed by atoms with Crippen molar-refractivity contribution in [2.24, 2.45) is 0 Å². The minimum absolute atomic E-state index is 0.00456. The average Bonchev–Trinajstić information content (AvgIpc) is 3.03. The van der Waals surface area contributed by atoms with Gasteiger partial charge in [0.15, 0.2) is 0 Å². The van der Waals surface area contributed by atoms with E-state index in [-0.39, 0.29) is 19.0 Å². The molecule has 0 aliphatic rings. The molecule has 0 atom stereocenters. The van der Waals surface area contributed by atoms with Gasteiger partial charge in [-0.15, -0.1) is 0 Å². The molecule has 112 valence electrons. The molecule has 5 heteroatoms. The Bertz CT molecular complexity index is 735. The number of rotatable bonds is 5. The molecule has 0 fully saturated rings. The maximum Gasteiger partial charge on any atom is 0.226 e. The van der Waals surface area contributed by atoms with Crippen molar-refractivity contribution in [1.82, 2.24) is 4.98 Å². The van der Waals surface area contributed by atoms with Crippen molar-refractivity contribution < 1.29 is 18.7 Å². The summed E-state index contributed by atoms with van der Waals surface area (Å²) in [6.45, 7) is 0.272. The van der Waals surface area contributed by atoms with Gasteiger partial charge in [0.2, 0.25) is 5.89 Å². The average molecular weight is 299 g/mol. The molecule has 3 aromatic rings. The van der Waals surface area contributed by atoms with Crippen molar-refractivity contribution in [2.45, 2.75) is 13.2 Å². The zero-order chi connectivity index (χ0) is 15.4. The number of hydrogen-bond acceptors (Lipinski definition) is 4. The number of halogens is 1. The summed E-state index contributed by atoms with van der Waals surface area (Å²) in [5.41, 5.74) is 2.18. The number of aliphatic hydroxyl groups is 1. The zero-order valence-electron chi connectivity index (χ0n) is 11.7. The second-order valence-electron chi connectivity index (χ2n) is 4.74. The second-order valence-corrected chi connectivity index (χ2v) is 4.74. The molecule has 0 unspecified atom stereocenters. The number of aromatic nitrogens is 1. The third-order valence-electron chi connectivity index (χ3n) is 3.14. The first-order valence-electron chi connectivity index (χ1n) is 6.77. The third-order valence-corrected chi connectivity index (χ3v) is 3.14. The van der Waals surface area contributed by atoms with Crippen molar-refractivity contribution in [3.63, 3.8) is 0 Å². The Kier molecular flexibility index (Phi) is 4.16. The van der Waals surface area contributed by atoms with Gasteiger partial charge in [0, 0.05) is 5.56 Å². The summed E-state index contributed by atoms with van der Waals surface area (Å²) < 4.78 is 23.8. The van der Waals surface area contributed by atoms with E-state index in [1.165, 1.54) is 18.4 Å². The Hall–Kier alpha value is -2.66. The molecule has 1 N–H and O–H groups in total. The number of hydrogen-bond donors (Lipinski definition) is 1. The Labute approximate surface area is 126 Å². The molecule has 2 aromatic carbocycles. The topological polar surface area (TPSA) is 55.5 Å². The van der Waals surface area contributed by atoms with Crippen LogP contribution in [0.5, 0.6) is 5.75 Å². The maximum atomic E-state index is 12.9. The molecule has 0 aliphatic carbocycles. The van der Waals surface area contributed by atoms with Crippen LogP contribution < -0.4 is 4.74 Å². The Morgan fingerprint density at radius 1 is 1.05 bits per heavy atom. The molecule has 1 heterocycles. The smallest absolute Gasteiger partial charge is 0.226 e. The first-order valence-corrected chi connectivity index (χ1v) is 6.77. The number of oxazole rings is 1. The van der Waals surface area contributed by atoms with E-state index in [0.29, 0.717) is 22.9 Å². The predicted molar refractivity (Wildman–Crippen MR) is 78.6 cm³/mol. The van der Waals surface area contributed by atoms with E-state index < -0.39 is 0 Å². The van der Waals surface area contributed by atoms with Crippen LogP contribution >= 0.6 is 0 Å². The summed E-state index contributed by atoms with van der Waals surface area (Å²) in [5.74, 6) is 0.808. The molecule has 0 radical (unpaired) electrons. The van der Waals surface area contributed by atoms with Gasteiger partial charge in [-0.1, -0.05) is 12.1 Å². The molecule has 0 saturated heterocycles. The predicted octanol–water partition coefficient (Wildman–Crippen LogP) is 3.55. The van der Waals surface area contributed by atoms with Crippen LogP contribution in [0.25, 0.3) is 11.5 Å². The van der Waals surface area contributed by atoms with E-state index in [9.17, 15) is 4.39 Å². The van der Waals surface area contributed by atoms with E-state index in [4.69, 9.17) is 14.3 Å². The van der Waals surface area contributed by atoms with Crippen molar-refractivity contribution in [3.05, 3.63) is 71.9 Å². The van der Waals surface area contributed by atoms with Gasteiger partial charge in [-0.25, -0.2) is 9.37 Å². The molecule has 3 rings (SSSR count). The summed E-state index contributed by atoms with van der Waals surface area (Å²) >= 11 is 0. The number of nitrogens with zero attached hydrogens (tertiary/aromatic N) is 1. The van der Waals surface area contributed by atoms with Gasteiger partial charge in [-0.05, 0) is 42.0 Å². The quantitative estimate of drug-likeness (QED) is 0.782. The van der Waals surface area contributed by atoms with Gasteiger partial charge in [0.1, 0.15) is 30.1 Å². The van der Waals surface area contributed by atoms with E-state index in [1.54, 1.807) is 36.4 Å². The van der Waals surface area contributed by atoms with E-state index in [1.807, 2.05) is 0 Å². The first kappa shape index (κ1) is 14.3. The van der Waals surface area contributed by atoms with Crippen molar-refractivity contribution in [1.29, 1.82) is 0 Å². The minimum atomic E-state index is -0.301. The second kappa shape index (κ2) is 6.41. The fourth-order valence-electron chi connectivity index (χ4n) is 1.95. The molecule has 22 heavy (non-hydrogen) atoms. The number of aliphatic hydroxyl groups excluding tert-OH is 1. The SMILES string of the molecule is OCc1ccc(OCc2coc(-c3ccc(F)cc3)n2)cc1. The molecule has 0 saturated carbocycles. The van der Waals surface area contributed by atoms with Crippen LogP contribution in [-0.2, 0) is 13.2 Å². The van der Waals surface area contributed by atoms with E-state index in [0.717, 1.165) is 5.56 Å². The van der Waals surface area contributed by atoms with Crippen LogP contribution in [0.1, 0.15) is 11.3 Å². The van der Waals surface area contributed by atoms with Gasteiger partial charge in [0.05, 0.1) is 6.61 Å². The van der Waals surface area contributed by atoms with Gasteiger partial charge in [-0.2, -0.15) is 0 Å². The lowest BCUT2D eigenvalue weighted by Gasteiger charge is -2.04. The largest absolute Gasteiger partial charge is 0.487 e. The van der Waals surface area contributed by atoms with Gasteiger partial charge < -0.3 is 14.3 Å². The summed E-state index contributed by atoms with van der Waals surface area (Å²) in [4.78, 5) is 4.30. The molecule has 1 aromatic heterocycles. The van der Waals surface area contributed by atoms with Gasteiger partial charge >= 0.3 is 0 Å². The summed E-state index contributed by atoms with van der Waals surface area (Å²) in [7, 11) is 0. The van der Waals surface area contributed by atoms with Crippen molar-refractivity contribution in [3.8, 4) is 17.2 Å².